The molecular weight excluding hydrogens is 268 g/mol. The van der Waals surface area contributed by atoms with E-state index in [4.69, 9.17) is 21.1 Å². The van der Waals surface area contributed by atoms with E-state index in [1.54, 1.807) is 25.3 Å². The van der Waals surface area contributed by atoms with Gasteiger partial charge in [-0.15, -0.1) is 0 Å². The number of nitrogens with one attached hydrogen (secondary N) is 2. The number of benzene rings is 1. The van der Waals surface area contributed by atoms with Crippen LogP contribution in [0.3, 0.4) is 0 Å². The van der Waals surface area contributed by atoms with Crippen LogP contribution >= 0.6 is 11.6 Å². The first kappa shape index (κ1) is 15.6. The maximum atomic E-state index is 11.5. The quantitative estimate of drug-likeness (QED) is 0.791. The van der Waals surface area contributed by atoms with Gasteiger partial charge in [0.2, 0.25) is 0 Å². The Kier molecular flexibility index (Phi) is 6.45. The highest BCUT2D eigenvalue weighted by Gasteiger charge is 2.06. The lowest BCUT2D eigenvalue weighted by Crippen LogP contribution is -2.34. The molecule has 106 valence electrons. The number of carbonyl (C=O) groups is 1. The SMILES string of the molecule is COCCOc1ccc(NC(=O)NC(C)C)cc1Cl. The van der Waals surface area contributed by atoms with Gasteiger partial charge >= 0.3 is 6.03 Å². The first-order valence-electron chi connectivity index (χ1n) is 6.01. The van der Waals surface area contributed by atoms with Gasteiger partial charge in [-0.3, -0.25) is 0 Å². The van der Waals surface area contributed by atoms with E-state index in [1.165, 1.54) is 0 Å². The number of anilines is 1. The van der Waals surface area contributed by atoms with Gasteiger partial charge in [-0.25, -0.2) is 4.79 Å². The number of methoxy groups -OCH3 is 1. The zero-order chi connectivity index (χ0) is 14.3. The molecule has 2 N–H and O–H groups in total. The Morgan fingerprint density at radius 2 is 2.11 bits per heavy atom. The highest BCUT2D eigenvalue weighted by atomic mass is 35.5. The topological polar surface area (TPSA) is 59.6 Å². The van der Waals surface area contributed by atoms with Crippen LogP contribution in [-0.2, 0) is 4.74 Å². The van der Waals surface area contributed by atoms with E-state index in [0.717, 1.165) is 0 Å². The summed E-state index contributed by atoms with van der Waals surface area (Å²) in [6, 6.07) is 4.90. The molecule has 0 saturated heterocycles. The van der Waals surface area contributed by atoms with Gasteiger partial charge < -0.3 is 20.1 Å². The van der Waals surface area contributed by atoms with Crippen LogP contribution in [0.1, 0.15) is 13.8 Å². The van der Waals surface area contributed by atoms with E-state index < -0.39 is 0 Å². The highest BCUT2D eigenvalue weighted by Crippen LogP contribution is 2.27. The minimum absolute atomic E-state index is 0.0760. The Hall–Kier alpha value is -1.46. The summed E-state index contributed by atoms with van der Waals surface area (Å²) in [7, 11) is 1.60. The van der Waals surface area contributed by atoms with Gasteiger partial charge in [0.15, 0.2) is 0 Å². The van der Waals surface area contributed by atoms with Crippen LogP contribution < -0.4 is 15.4 Å². The molecule has 1 aromatic carbocycles. The number of hydrogen-bond acceptors (Lipinski definition) is 3. The van der Waals surface area contributed by atoms with Crippen molar-refractivity contribution in [2.45, 2.75) is 19.9 Å². The van der Waals surface area contributed by atoms with Crippen molar-refractivity contribution in [1.29, 1.82) is 0 Å². The van der Waals surface area contributed by atoms with Gasteiger partial charge in [-0.05, 0) is 32.0 Å². The molecule has 0 radical (unpaired) electrons. The summed E-state index contributed by atoms with van der Waals surface area (Å²) >= 11 is 6.06. The van der Waals surface area contributed by atoms with Gasteiger partial charge in [0.05, 0.1) is 11.6 Å². The molecule has 0 unspecified atom stereocenters. The van der Waals surface area contributed by atoms with Crippen molar-refractivity contribution < 1.29 is 14.3 Å². The van der Waals surface area contributed by atoms with E-state index in [-0.39, 0.29) is 12.1 Å². The lowest BCUT2D eigenvalue weighted by molar-refractivity contribution is 0.146. The molecule has 1 aromatic rings. The van der Waals surface area contributed by atoms with E-state index >= 15 is 0 Å². The predicted molar refractivity (Wildman–Crippen MR) is 76.1 cm³/mol. The van der Waals surface area contributed by atoms with E-state index in [2.05, 4.69) is 10.6 Å². The molecule has 0 heterocycles. The maximum Gasteiger partial charge on any atom is 0.319 e. The molecule has 0 spiro atoms. The third-order valence-electron chi connectivity index (χ3n) is 2.15. The zero-order valence-corrected chi connectivity index (χ0v) is 12.1. The molecule has 0 fully saturated rings. The molecule has 19 heavy (non-hydrogen) atoms. The monoisotopic (exact) mass is 286 g/mol. The van der Waals surface area contributed by atoms with Crippen LogP contribution in [0.5, 0.6) is 5.75 Å². The van der Waals surface area contributed by atoms with E-state index in [9.17, 15) is 4.79 Å². The minimum atomic E-state index is -0.265. The van der Waals surface area contributed by atoms with Gasteiger partial charge in [-0.2, -0.15) is 0 Å². The summed E-state index contributed by atoms with van der Waals surface area (Å²) < 4.78 is 10.3. The minimum Gasteiger partial charge on any atom is -0.490 e. The van der Waals surface area contributed by atoms with Crippen molar-refractivity contribution in [3.63, 3.8) is 0 Å². The standard InChI is InChI=1S/C13H19ClN2O3/c1-9(2)15-13(17)16-10-4-5-12(11(14)8-10)19-7-6-18-3/h4-5,8-9H,6-7H2,1-3H3,(H2,15,16,17). The molecule has 0 aliphatic heterocycles. The van der Waals surface area contributed by atoms with Crippen LogP contribution in [0.2, 0.25) is 5.02 Å². The molecule has 0 aliphatic carbocycles. The number of urea groups is 1. The Labute approximate surface area is 118 Å². The molecular formula is C13H19ClN2O3. The lowest BCUT2D eigenvalue weighted by Gasteiger charge is -2.12. The normalized spacial score (nSPS) is 10.4. The van der Waals surface area contributed by atoms with Gasteiger partial charge in [0.1, 0.15) is 12.4 Å². The van der Waals surface area contributed by atoms with Crippen LogP contribution in [0.4, 0.5) is 10.5 Å². The summed E-state index contributed by atoms with van der Waals surface area (Å²) in [6.07, 6.45) is 0. The molecule has 1 rings (SSSR count). The van der Waals surface area contributed by atoms with Gasteiger partial charge in [-0.1, -0.05) is 11.6 Å². The molecule has 5 nitrogen and oxygen atoms in total. The van der Waals surface area contributed by atoms with Gasteiger partial charge in [0, 0.05) is 18.8 Å². The van der Waals surface area contributed by atoms with Crippen LogP contribution in [0.25, 0.3) is 0 Å². The molecule has 0 aliphatic rings. The van der Waals surface area contributed by atoms with Crippen molar-refractivity contribution in [1.82, 2.24) is 5.32 Å². The fraction of sp³-hybridized carbons (Fsp3) is 0.462. The van der Waals surface area contributed by atoms with Crippen molar-refractivity contribution in [2.24, 2.45) is 0 Å². The fourth-order valence-corrected chi connectivity index (χ4v) is 1.60. The number of ether oxygens (including phenoxy) is 2. The van der Waals surface area contributed by atoms with Gasteiger partial charge in [0.25, 0.3) is 0 Å². The molecule has 0 saturated carbocycles. The number of halogens is 1. The Morgan fingerprint density at radius 1 is 1.37 bits per heavy atom. The van der Waals surface area contributed by atoms with Crippen molar-refractivity contribution in [3.05, 3.63) is 23.2 Å². The molecule has 0 bridgehead atoms. The number of carbonyl (C=O) groups excluding carboxylic acids is 1. The Bertz CT molecular complexity index is 424. The third kappa shape index (κ3) is 5.81. The Morgan fingerprint density at radius 3 is 2.68 bits per heavy atom. The lowest BCUT2D eigenvalue weighted by atomic mass is 10.3. The second-order valence-electron chi connectivity index (χ2n) is 4.24. The fourth-order valence-electron chi connectivity index (χ4n) is 1.36. The second kappa shape index (κ2) is 7.86. The smallest absolute Gasteiger partial charge is 0.319 e. The molecule has 2 amide bonds. The molecule has 0 atom stereocenters. The van der Waals surface area contributed by atoms with Crippen molar-refractivity contribution in [2.75, 3.05) is 25.6 Å². The summed E-state index contributed by atoms with van der Waals surface area (Å²) in [5.74, 6) is 0.563. The predicted octanol–water partition coefficient (Wildman–Crippen LogP) is 2.90. The van der Waals surface area contributed by atoms with Crippen LogP contribution in [-0.4, -0.2) is 32.4 Å². The first-order chi connectivity index (χ1) is 9.02. The highest BCUT2D eigenvalue weighted by molar-refractivity contribution is 6.32. The average molecular weight is 287 g/mol. The molecule has 6 heteroatoms. The number of amides is 2. The summed E-state index contributed by atoms with van der Waals surface area (Å²) in [6.45, 7) is 4.70. The summed E-state index contributed by atoms with van der Waals surface area (Å²) in [5, 5.41) is 5.86. The zero-order valence-electron chi connectivity index (χ0n) is 11.3. The summed E-state index contributed by atoms with van der Waals surface area (Å²) in [4.78, 5) is 11.5. The summed E-state index contributed by atoms with van der Waals surface area (Å²) in [5.41, 5.74) is 0.613. The van der Waals surface area contributed by atoms with Crippen molar-refractivity contribution in [3.8, 4) is 5.75 Å². The largest absolute Gasteiger partial charge is 0.490 e. The van der Waals surface area contributed by atoms with E-state index in [0.29, 0.717) is 29.7 Å². The second-order valence-corrected chi connectivity index (χ2v) is 4.65. The maximum absolute atomic E-state index is 11.5. The van der Waals surface area contributed by atoms with E-state index in [1.807, 2.05) is 13.8 Å². The number of rotatable bonds is 6. The van der Waals surface area contributed by atoms with Crippen molar-refractivity contribution >= 4 is 23.3 Å². The van der Waals surface area contributed by atoms with Crippen LogP contribution in [0, 0.1) is 0 Å². The number of hydrogen-bond donors (Lipinski definition) is 2. The average Bonchev–Trinajstić information content (AvgIpc) is 2.31. The molecule has 0 aromatic heterocycles. The third-order valence-corrected chi connectivity index (χ3v) is 2.45. The van der Waals surface area contributed by atoms with Crippen LogP contribution in [0.15, 0.2) is 18.2 Å². The first-order valence-corrected chi connectivity index (χ1v) is 6.39. The Balaban J connectivity index is 2.58.